The zero-order valence-electron chi connectivity index (χ0n) is 17.2. The molecule has 0 unspecified atom stereocenters. The van der Waals surface area contributed by atoms with E-state index < -0.39 is 0 Å². The van der Waals surface area contributed by atoms with E-state index in [1.54, 1.807) is 14.2 Å². The van der Waals surface area contributed by atoms with Gasteiger partial charge < -0.3 is 24.8 Å². The number of nitrogens with one attached hydrogen (secondary N) is 2. The Morgan fingerprint density at radius 2 is 1.64 bits per heavy atom. The maximum Gasteiger partial charge on any atom is 0.191 e. The normalized spacial score (nSPS) is 11.1. The molecule has 152 valence electrons. The second-order valence-corrected chi connectivity index (χ2v) is 6.14. The SMILES string of the molecule is CCNC(=NCc1ccc(OC)c(OCC)c1)NCCc1ccc(OC)cc1. The Morgan fingerprint density at radius 1 is 0.893 bits per heavy atom. The van der Waals surface area contributed by atoms with Gasteiger partial charge in [0.05, 0.1) is 27.4 Å². The number of hydrogen-bond donors (Lipinski definition) is 2. The summed E-state index contributed by atoms with van der Waals surface area (Å²) >= 11 is 0. The van der Waals surface area contributed by atoms with Crippen molar-refractivity contribution in [2.75, 3.05) is 33.9 Å². The standard InChI is InChI=1S/C22H31N3O3/c1-5-23-22(24-14-13-17-7-10-19(26-3)11-8-17)25-16-18-9-12-20(27-4)21(15-18)28-6-2/h7-12,15H,5-6,13-14,16H2,1-4H3,(H2,23,24,25). The van der Waals surface area contributed by atoms with Crippen molar-refractivity contribution >= 4 is 5.96 Å². The number of nitrogens with zero attached hydrogens (tertiary/aromatic N) is 1. The van der Waals surface area contributed by atoms with Crippen LogP contribution in [-0.4, -0.2) is 39.9 Å². The van der Waals surface area contributed by atoms with Crippen LogP contribution >= 0.6 is 0 Å². The number of methoxy groups -OCH3 is 2. The van der Waals surface area contributed by atoms with E-state index in [9.17, 15) is 0 Å². The van der Waals surface area contributed by atoms with Crippen LogP contribution in [-0.2, 0) is 13.0 Å². The second kappa shape index (κ2) is 11.7. The van der Waals surface area contributed by atoms with Gasteiger partial charge in [-0.25, -0.2) is 4.99 Å². The molecule has 0 atom stereocenters. The molecule has 0 saturated carbocycles. The summed E-state index contributed by atoms with van der Waals surface area (Å²) in [5, 5.41) is 6.66. The molecule has 2 N–H and O–H groups in total. The third-order valence-corrected chi connectivity index (χ3v) is 4.16. The number of ether oxygens (including phenoxy) is 3. The predicted octanol–water partition coefficient (Wildman–Crippen LogP) is 3.40. The van der Waals surface area contributed by atoms with Gasteiger partial charge in [-0.3, -0.25) is 0 Å². The molecule has 0 aliphatic carbocycles. The average molecular weight is 386 g/mol. The number of guanidine groups is 1. The van der Waals surface area contributed by atoms with E-state index in [0.717, 1.165) is 48.3 Å². The van der Waals surface area contributed by atoms with Crippen LogP contribution in [0.1, 0.15) is 25.0 Å². The van der Waals surface area contributed by atoms with Crippen LogP contribution in [0.15, 0.2) is 47.5 Å². The summed E-state index contributed by atoms with van der Waals surface area (Å²) < 4.78 is 16.2. The summed E-state index contributed by atoms with van der Waals surface area (Å²) in [4.78, 5) is 4.68. The summed E-state index contributed by atoms with van der Waals surface area (Å²) in [5.74, 6) is 3.15. The van der Waals surface area contributed by atoms with Gasteiger partial charge in [0.15, 0.2) is 17.5 Å². The molecule has 0 aromatic heterocycles. The number of benzene rings is 2. The van der Waals surface area contributed by atoms with Crippen molar-refractivity contribution in [1.29, 1.82) is 0 Å². The fourth-order valence-corrected chi connectivity index (χ4v) is 2.72. The van der Waals surface area contributed by atoms with Crippen molar-refractivity contribution < 1.29 is 14.2 Å². The lowest BCUT2D eigenvalue weighted by Crippen LogP contribution is -2.38. The lowest BCUT2D eigenvalue weighted by atomic mass is 10.1. The molecular weight excluding hydrogens is 354 g/mol. The van der Waals surface area contributed by atoms with Gasteiger partial charge in [0.25, 0.3) is 0 Å². The molecule has 0 spiro atoms. The summed E-state index contributed by atoms with van der Waals surface area (Å²) in [6, 6.07) is 14.0. The molecule has 6 heteroatoms. The molecule has 0 fully saturated rings. The fraction of sp³-hybridized carbons (Fsp3) is 0.409. The Morgan fingerprint density at radius 3 is 2.29 bits per heavy atom. The molecule has 2 aromatic carbocycles. The highest BCUT2D eigenvalue weighted by Gasteiger charge is 2.06. The van der Waals surface area contributed by atoms with E-state index >= 15 is 0 Å². The molecular formula is C22H31N3O3. The number of rotatable bonds is 10. The van der Waals surface area contributed by atoms with Crippen LogP contribution in [0.4, 0.5) is 0 Å². The zero-order valence-corrected chi connectivity index (χ0v) is 17.2. The van der Waals surface area contributed by atoms with Gasteiger partial charge in [-0.05, 0) is 55.7 Å². The Kier molecular flexibility index (Phi) is 8.98. The summed E-state index contributed by atoms with van der Waals surface area (Å²) in [6.45, 7) is 6.77. The van der Waals surface area contributed by atoms with E-state index in [1.807, 2.05) is 37.3 Å². The van der Waals surface area contributed by atoms with E-state index in [1.165, 1.54) is 5.56 Å². The van der Waals surface area contributed by atoms with Crippen LogP contribution in [0.3, 0.4) is 0 Å². The zero-order chi connectivity index (χ0) is 20.2. The van der Waals surface area contributed by atoms with Crippen molar-refractivity contribution in [2.45, 2.75) is 26.8 Å². The number of aliphatic imine (C=N–C) groups is 1. The van der Waals surface area contributed by atoms with Crippen LogP contribution in [0.2, 0.25) is 0 Å². The predicted molar refractivity (Wildman–Crippen MR) is 114 cm³/mol. The molecule has 0 radical (unpaired) electrons. The molecule has 2 aromatic rings. The first-order valence-corrected chi connectivity index (χ1v) is 9.65. The first kappa shape index (κ1) is 21.4. The Hall–Kier alpha value is -2.89. The molecule has 0 aliphatic rings. The highest BCUT2D eigenvalue weighted by atomic mass is 16.5. The Bertz CT molecular complexity index is 745. The molecule has 0 saturated heterocycles. The lowest BCUT2D eigenvalue weighted by molar-refractivity contribution is 0.310. The summed E-state index contributed by atoms with van der Waals surface area (Å²) in [7, 11) is 3.32. The van der Waals surface area contributed by atoms with Crippen molar-refractivity contribution in [3.8, 4) is 17.2 Å². The van der Waals surface area contributed by atoms with E-state index in [-0.39, 0.29) is 0 Å². The fourth-order valence-electron chi connectivity index (χ4n) is 2.72. The van der Waals surface area contributed by atoms with E-state index in [4.69, 9.17) is 14.2 Å². The van der Waals surface area contributed by atoms with Crippen LogP contribution in [0.25, 0.3) is 0 Å². The molecule has 0 amide bonds. The van der Waals surface area contributed by atoms with Crippen LogP contribution in [0, 0.1) is 0 Å². The van der Waals surface area contributed by atoms with Crippen molar-refractivity contribution in [1.82, 2.24) is 10.6 Å². The third kappa shape index (κ3) is 6.68. The highest BCUT2D eigenvalue weighted by Crippen LogP contribution is 2.28. The monoisotopic (exact) mass is 385 g/mol. The van der Waals surface area contributed by atoms with Crippen molar-refractivity contribution in [3.05, 3.63) is 53.6 Å². The summed E-state index contributed by atoms with van der Waals surface area (Å²) in [6.07, 6.45) is 0.908. The Balaban J connectivity index is 1.94. The minimum absolute atomic E-state index is 0.557. The first-order valence-electron chi connectivity index (χ1n) is 9.65. The maximum atomic E-state index is 5.64. The topological polar surface area (TPSA) is 64.1 Å². The molecule has 28 heavy (non-hydrogen) atoms. The molecule has 6 nitrogen and oxygen atoms in total. The van der Waals surface area contributed by atoms with Gasteiger partial charge in [0.2, 0.25) is 0 Å². The largest absolute Gasteiger partial charge is 0.497 e. The quantitative estimate of drug-likeness (QED) is 0.485. The third-order valence-electron chi connectivity index (χ3n) is 4.16. The molecule has 0 aliphatic heterocycles. The first-order chi connectivity index (χ1) is 13.7. The van der Waals surface area contributed by atoms with Gasteiger partial charge in [-0.2, -0.15) is 0 Å². The van der Waals surface area contributed by atoms with Gasteiger partial charge in [0.1, 0.15) is 5.75 Å². The molecule has 2 rings (SSSR count). The van der Waals surface area contributed by atoms with Gasteiger partial charge in [-0.1, -0.05) is 18.2 Å². The number of hydrogen-bond acceptors (Lipinski definition) is 4. The van der Waals surface area contributed by atoms with Crippen LogP contribution in [0.5, 0.6) is 17.2 Å². The van der Waals surface area contributed by atoms with Crippen LogP contribution < -0.4 is 24.8 Å². The summed E-state index contributed by atoms with van der Waals surface area (Å²) in [5.41, 5.74) is 2.32. The Labute approximate surface area is 167 Å². The smallest absolute Gasteiger partial charge is 0.191 e. The molecule has 0 bridgehead atoms. The van der Waals surface area contributed by atoms with Gasteiger partial charge in [-0.15, -0.1) is 0 Å². The maximum absolute atomic E-state index is 5.64. The minimum atomic E-state index is 0.557. The molecule has 0 heterocycles. The van der Waals surface area contributed by atoms with Crippen molar-refractivity contribution in [3.63, 3.8) is 0 Å². The van der Waals surface area contributed by atoms with Crippen molar-refractivity contribution in [2.24, 2.45) is 4.99 Å². The second-order valence-electron chi connectivity index (χ2n) is 6.14. The average Bonchev–Trinajstić information content (AvgIpc) is 2.73. The van der Waals surface area contributed by atoms with Gasteiger partial charge in [0, 0.05) is 13.1 Å². The highest BCUT2D eigenvalue weighted by molar-refractivity contribution is 5.79. The van der Waals surface area contributed by atoms with Gasteiger partial charge >= 0.3 is 0 Å². The minimum Gasteiger partial charge on any atom is -0.497 e. The lowest BCUT2D eigenvalue weighted by Gasteiger charge is -2.13. The van der Waals surface area contributed by atoms with E-state index in [0.29, 0.717) is 13.2 Å². The van der Waals surface area contributed by atoms with E-state index in [2.05, 4.69) is 34.7 Å².